The van der Waals surface area contributed by atoms with Gasteiger partial charge in [0.25, 0.3) is 0 Å². The molecule has 1 amide bonds. The van der Waals surface area contributed by atoms with Crippen molar-refractivity contribution in [3.05, 3.63) is 76.9 Å². The molecule has 1 N–H and O–H groups in total. The van der Waals surface area contributed by atoms with Crippen molar-refractivity contribution in [2.24, 2.45) is 0 Å². The molecular weight excluding hydrogens is 359 g/mol. The number of nitrogens with one attached hydrogen (secondary N) is 1. The predicted octanol–water partition coefficient (Wildman–Crippen LogP) is 5.90. The molecule has 0 atom stereocenters. The van der Waals surface area contributed by atoms with Crippen LogP contribution >= 0.6 is 11.3 Å². The van der Waals surface area contributed by atoms with Gasteiger partial charge in [0.05, 0.1) is 5.69 Å². The molecular formula is C22H21FN2OS. The Hall–Kier alpha value is -2.79. The average molecular weight is 380 g/mol. The first kappa shape index (κ1) is 19.0. The molecule has 0 saturated carbocycles. The van der Waals surface area contributed by atoms with Crippen LogP contribution in [0.2, 0.25) is 0 Å². The first-order chi connectivity index (χ1) is 12.8. The third-order valence-corrected chi connectivity index (χ3v) is 4.84. The lowest BCUT2D eigenvalue weighted by atomic mass is 9.86. The predicted molar refractivity (Wildman–Crippen MR) is 110 cm³/mol. The summed E-state index contributed by atoms with van der Waals surface area (Å²) in [6, 6.07) is 14.3. The van der Waals surface area contributed by atoms with E-state index in [2.05, 4.69) is 55.3 Å². The summed E-state index contributed by atoms with van der Waals surface area (Å²) in [4.78, 5) is 16.5. The van der Waals surface area contributed by atoms with Crippen molar-refractivity contribution in [2.45, 2.75) is 26.2 Å². The van der Waals surface area contributed by atoms with Crippen LogP contribution in [0.25, 0.3) is 17.3 Å². The minimum absolute atomic E-state index is 0.108. The molecule has 0 radical (unpaired) electrons. The van der Waals surface area contributed by atoms with Crippen LogP contribution in [0.5, 0.6) is 0 Å². The maximum atomic E-state index is 12.9. The third kappa shape index (κ3) is 5.11. The van der Waals surface area contributed by atoms with Crippen molar-refractivity contribution in [1.29, 1.82) is 0 Å². The van der Waals surface area contributed by atoms with E-state index >= 15 is 0 Å². The van der Waals surface area contributed by atoms with Gasteiger partial charge in [0.15, 0.2) is 5.13 Å². The number of anilines is 1. The van der Waals surface area contributed by atoms with Gasteiger partial charge in [-0.1, -0.05) is 57.2 Å². The first-order valence-corrected chi connectivity index (χ1v) is 9.50. The van der Waals surface area contributed by atoms with Crippen LogP contribution in [-0.4, -0.2) is 10.9 Å². The van der Waals surface area contributed by atoms with Crippen LogP contribution < -0.4 is 5.32 Å². The highest BCUT2D eigenvalue weighted by Gasteiger charge is 2.14. The first-order valence-electron chi connectivity index (χ1n) is 8.62. The van der Waals surface area contributed by atoms with Gasteiger partial charge in [-0.25, -0.2) is 9.37 Å². The average Bonchev–Trinajstić information content (AvgIpc) is 3.09. The second kappa shape index (κ2) is 7.84. The molecule has 0 unspecified atom stereocenters. The molecule has 3 aromatic rings. The van der Waals surface area contributed by atoms with Crippen LogP contribution in [0.15, 0.2) is 60.0 Å². The van der Waals surface area contributed by atoms with Gasteiger partial charge in [-0.2, -0.15) is 0 Å². The Morgan fingerprint density at radius 3 is 2.37 bits per heavy atom. The van der Waals surface area contributed by atoms with Crippen molar-refractivity contribution < 1.29 is 9.18 Å². The molecule has 5 heteroatoms. The largest absolute Gasteiger partial charge is 0.298 e. The van der Waals surface area contributed by atoms with E-state index in [4.69, 9.17) is 0 Å². The minimum atomic E-state index is -0.303. The Kier molecular flexibility index (Phi) is 5.51. The molecule has 0 fully saturated rings. The highest BCUT2D eigenvalue weighted by molar-refractivity contribution is 7.14. The molecule has 138 valence electrons. The number of hydrogen-bond donors (Lipinski definition) is 1. The number of benzene rings is 2. The summed E-state index contributed by atoms with van der Waals surface area (Å²) in [5.74, 6) is -0.578. The molecule has 1 heterocycles. The number of aromatic nitrogens is 1. The van der Waals surface area contributed by atoms with Gasteiger partial charge in [0.1, 0.15) is 5.82 Å². The minimum Gasteiger partial charge on any atom is -0.298 e. The number of nitrogens with zero attached hydrogens (tertiary/aromatic N) is 1. The monoisotopic (exact) mass is 380 g/mol. The molecule has 0 aliphatic heterocycles. The fourth-order valence-corrected chi connectivity index (χ4v) is 3.22. The lowest BCUT2D eigenvalue weighted by Gasteiger charge is -2.18. The summed E-state index contributed by atoms with van der Waals surface area (Å²) >= 11 is 1.38. The van der Waals surface area contributed by atoms with Crippen molar-refractivity contribution in [2.75, 3.05) is 5.32 Å². The Bertz CT molecular complexity index is 951. The summed E-state index contributed by atoms with van der Waals surface area (Å²) in [6.45, 7) is 6.54. The molecule has 1 aromatic heterocycles. The summed E-state index contributed by atoms with van der Waals surface area (Å²) in [6.07, 6.45) is 3.04. The van der Waals surface area contributed by atoms with Crippen molar-refractivity contribution in [3.63, 3.8) is 0 Å². The molecule has 0 aliphatic rings. The highest BCUT2D eigenvalue weighted by Crippen LogP contribution is 2.28. The van der Waals surface area contributed by atoms with Gasteiger partial charge in [0, 0.05) is 17.0 Å². The maximum Gasteiger partial charge on any atom is 0.250 e. The van der Waals surface area contributed by atoms with E-state index in [1.807, 2.05) is 5.38 Å². The van der Waals surface area contributed by atoms with Crippen LogP contribution in [-0.2, 0) is 10.2 Å². The van der Waals surface area contributed by atoms with Gasteiger partial charge in [-0.15, -0.1) is 11.3 Å². The zero-order valence-electron chi connectivity index (χ0n) is 15.5. The second-order valence-electron chi connectivity index (χ2n) is 7.24. The van der Waals surface area contributed by atoms with Gasteiger partial charge >= 0.3 is 0 Å². The van der Waals surface area contributed by atoms with E-state index in [1.54, 1.807) is 18.2 Å². The van der Waals surface area contributed by atoms with E-state index in [9.17, 15) is 9.18 Å². The van der Waals surface area contributed by atoms with Gasteiger partial charge < -0.3 is 0 Å². The summed E-state index contributed by atoms with van der Waals surface area (Å²) < 4.78 is 12.9. The van der Waals surface area contributed by atoms with Crippen molar-refractivity contribution >= 4 is 28.5 Å². The van der Waals surface area contributed by atoms with Crippen molar-refractivity contribution in [1.82, 2.24) is 4.98 Å². The number of carbonyl (C=O) groups is 1. The second-order valence-corrected chi connectivity index (χ2v) is 8.10. The quantitative estimate of drug-likeness (QED) is 0.573. The molecule has 3 rings (SSSR count). The van der Waals surface area contributed by atoms with Crippen LogP contribution in [0.3, 0.4) is 0 Å². The Morgan fingerprint density at radius 1 is 1.07 bits per heavy atom. The van der Waals surface area contributed by atoms with Crippen LogP contribution in [0, 0.1) is 5.82 Å². The normalized spacial score (nSPS) is 11.7. The number of carbonyl (C=O) groups excluding carboxylic acids is 1. The van der Waals surface area contributed by atoms with Crippen molar-refractivity contribution in [3.8, 4) is 11.3 Å². The lowest BCUT2D eigenvalue weighted by Crippen LogP contribution is -2.10. The molecule has 2 aromatic carbocycles. The fourth-order valence-electron chi connectivity index (χ4n) is 2.50. The van der Waals surface area contributed by atoms with E-state index in [0.717, 1.165) is 16.8 Å². The molecule has 0 spiro atoms. The Labute approximate surface area is 162 Å². The lowest BCUT2D eigenvalue weighted by molar-refractivity contribution is -0.111. The number of hydrogen-bond acceptors (Lipinski definition) is 3. The van der Waals surface area contributed by atoms with E-state index < -0.39 is 0 Å². The third-order valence-electron chi connectivity index (χ3n) is 4.08. The topological polar surface area (TPSA) is 42.0 Å². The van der Waals surface area contributed by atoms with Crippen LogP contribution in [0.4, 0.5) is 9.52 Å². The zero-order valence-corrected chi connectivity index (χ0v) is 16.3. The Balaban J connectivity index is 1.65. The van der Waals surface area contributed by atoms with Crippen LogP contribution in [0.1, 0.15) is 31.9 Å². The summed E-state index contributed by atoms with van der Waals surface area (Å²) in [5, 5.41) is 5.22. The summed E-state index contributed by atoms with van der Waals surface area (Å²) in [5.41, 5.74) is 3.97. The number of thiazole rings is 1. The molecule has 0 aliphatic carbocycles. The Morgan fingerprint density at radius 2 is 1.74 bits per heavy atom. The zero-order chi connectivity index (χ0) is 19.4. The van der Waals surface area contributed by atoms with Gasteiger partial charge in [-0.3, -0.25) is 10.1 Å². The maximum absolute atomic E-state index is 12.9. The van der Waals surface area contributed by atoms with E-state index in [1.165, 1.54) is 35.1 Å². The molecule has 0 bridgehead atoms. The molecule has 3 nitrogen and oxygen atoms in total. The molecule has 0 saturated heterocycles. The number of amides is 1. The smallest absolute Gasteiger partial charge is 0.250 e. The SMILES string of the molecule is CC(C)(C)c1ccc(-c2csc(NC(=O)/C=C/c3ccc(F)cc3)n2)cc1. The van der Waals surface area contributed by atoms with Gasteiger partial charge in [0.2, 0.25) is 5.91 Å². The molecule has 27 heavy (non-hydrogen) atoms. The standard InChI is InChI=1S/C22H21FN2OS/c1-22(2,3)17-9-7-16(8-10-17)19-14-27-21(24-19)25-20(26)13-6-15-4-11-18(23)12-5-15/h4-14H,1-3H3,(H,24,25,26)/b13-6+. The number of rotatable bonds is 4. The summed E-state index contributed by atoms with van der Waals surface area (Å²) in [7, 11) is 0. The van der Waals surface area contributed by atoms with E-state index in [0.29, 0.717) is 5.13 Å². The fraction of sp³-hybridized carbons (Fsp3) is 0.182. The number of halogens is 1. The highest BCUT2D eigenvalue weighted by atomic mass is 32.1. The van der Waals surface area contributed by atoms with Gasteiger partial charge in [-0.05, 0) is 34.8 Å². The van der Waals surface area contributed by atoms with E-state index in [-0.39, 0.29) is 17.1 Å².